The summed E-state index contributed by atoms with van der Waals surface area (Å²) in [5, 5.41) is 2.90. The third-order valence-electron chi connectivity index (χ3n) is 3.71. The van der Waals surface area contributed by atoms with Crippen molar-refractivity contribution in [1.82, 2.24) is 14.9 Å². The number of nitrogens with one attached hydrogen (secondary N) is 1. The minimum absolute atomic E-state index is 0.000418. The van der Waals surface area contributed by atoms with Crippen molar-refractivity contribution in [3.8, 4) is 0 Å². The first-order valence-electron chi connectivity index (χ1n) is 7.03. The molecule has 1 amide bonds. The van der Waals surface area contributed by atoms with Crippen LogP contribution in [0.4, 0.5) is 5.82 Å². The maximum Gasteiger partial charge on any atom is 0.274 e. The summed E-state index contributed by atoms with van der Waals surface area (Å²) in [6, 6.07) is 0. The Hall–Kier alpha value is -1.65. The van der Waals surface area contributed by atoms with E-state index in [2.05, 4.69) is 22.2 Å². The van der Waals surface area contributed by atoms with Gasteiger partial charge in [0.2, 0.25) is 0 Å². The van der Waals surface area contributed by atoms with Gasteiger partial charge in [-0.25, -0.2) is 4.98 Å². The molecule has 1 aromatic heterocycles. The summed E-state index contributed by atoms with van der Waals surface area (Å²) < 4.78 is 0. The summed E-state index contributed by atoms with van der Waals surface area (Å²) >= 11 is 0. The van der Waals surface area contributed by atoms with E-state index in [0.29, 0.717) is 11.5 Å². The second-order valence-electron chi connectivity index (χ2n) is 5.06. The quantitative estimate of drug-likeness (QED) is 0.903. The number of anilines is 1. The Morgan fingerprint density at radius 3 is 2.79 bits per heavy atom. The molecule has 0 bridgehead atoms. The highest BCUT2D eigenvalue weighted by Gasteiger charge is 2.24. The molecule has 19 heavy (non-hydrogen) atoms. The SMILES string of the molecule is CCCC1CCN(C(=O)c2cncc(NC)n2)CC1. The maximum atomic E-state index is 12.3. The largest absolute Gasteiger partial charge is 0.372 e. The van der Waals surface area contributed by atoms with Crippen molar-refractivity contribution in [3.63, 3.8) is 0 Å². The van der Waals surface area contributed by atoms with E-state index in [1.54, 1.807) is 19.4 Å². The molecule has 0 aromatic carbocycles. The van der Waals surface area contributed by atoms with Gasteiger partial charge in [0.05, 0.1) is 12.4 Å². The summed E-state index contributed by atoms with van der Waals surface area (Å²) in [7, 11) is 1.77. The molecule has 104 valence electrons. The van der Waals surface area contributed by atoms with Gasteiger partial charge in [-0.3, -0.25) is 9.78 Å². The zero-order valence-electron chi connectivity index (χ0n) is 11.7. The van der Waals surface area contributed by atoms with Crippen molar-refractivity contribution in [2.24, 2.45) is 5.92 Å². The lowest BCUT2D eigenvalue weighted by Crippen LogP contribution is -2.38. The number of piperidine rings is 1. The molecule has 5 nitrogen and oxygen atoms in total. The number of nitrogens with zero attached hydrogens (tertiary/aromatic N) is 3. The van der Waals surface area contributed by atoms with Crippen molar-refractivity contribution in [1.29, 1.82) is 0 Å². The monoisotopic (exact) mass is 262 g/mol. The Kier molecular flexibility index (Phi) is 4.71. The van der Waals surface area contributed by atoms with Gasteiger partial charge in [-0.05, 0) is 18.8 Å². The minimum Gasteiger partial charge on any atom is -0.372 e. The topological polar surface area (TPSA) is 58.1 Å². The van der Waals surface area contributed by atoms with Gasteiger partial charge >= 0.3 is 0 Å². The van der Waals surface area contributed by atoms with Crippen molar-refractivity contribution in [3.05, 3.63) is 18.1 Å². The van der Waals surface area contributed by atoms with Gasteiger partial charge in [0.25, 0.3) is 5.91 Å². The molecule has 0 saturated carbocycles. The highest BCUT2D eigenvalue weighted by Crippen LogP contribution is 2.22. The van der Waals surface area contributed by atoms with Crippen molar-refractivity contribution < 1.29 is 4.79 Å². The van der Waals surface area contributed by atoms with Crippen LogP contribution in [-0.2, 0) is 0 Å². The zero-order valence-corrected chi connectivity index (χ0v) is 11.7. The number of rotatable bonds is 4. The molecule has 2 heterocycles. The van der Waals surface area contributed by atoms with Crippen molar-refractivity contribution in [2.75, 3.05) is 25.5 Å². The Morgan fingerprint density at radius 2 is 2.16 bits per heavy atom. The lowest BCUT2D eigenvalue weighted by Gasteiger charge is -2.31. The van der Waals surface area contributed by atoms with Crippen LogP contribution in [0, 0.1) is 5.92 Å². The van der Waals surface area contributed by atoms with Crippen LogP contribution in [0.1, 0.15) is 43.1 Å². The molecular weight excluding hydrogens is 240 g/mol. The predicted molar refractivity (Wildman–Crippen MR) is 75.1 cm³/mol. The molecule has 1 N–H and O–H groups in total. The molecule has 0 spiro atoms. The van der Waals surface area contributed by atoms with E-state index in [9.17, 15) is 4.79 Å². The Bertz CT molecular complexity index is 427. The lowest BCUT2D eigenvalue weighted by atomic mass is 9.92. The van der Waals surface area contributed by atoms with E-state index in [-0.39, 0.29) is 5.91 Å². The molecule has 1 aliphatic rings. The molecule has 1 aliphatic heterocycles. The number of carbonyl (C=O) groups excluding carboxylic acids is 1. The third-order valence-corrected chi connectivity index (χ3v) is 3.71. The molecule has 0 atom stereocenters. The first-order valence-corrected chi connectivity index (χ1v) is 7.03. The van der Waals surface area contributed by atoms with Gasteiger partial charge in [0.15, 0.2) is 0 Å². The second kappa shape index (κ2) is 6.50. The van der Waals surface area contributed by atoms with Crippen molar-refractivity contribution in [2.45, 2.75) is 32.6 Å². The first-order chi connectivity index (χ1) is 9.24. The number of aromatic nitrogens is 2. The third kappa shape index (κ3) is 3.43. The van der Waals surface area contributed by atoms with Gasteiger partial charge in [0.1, 0.15) is 11.5 Å². The number of likely N-dealkylation sites (tertiary alicyclic amines) is 1. The average Bonchev–Trinajstić information content (AvgIpc) is 2.48. The fourth-order valence-corrected chi connectivity index (χ4v) is 2.58. The van der Waals surface area contributed by atoms with Crippen LogP contribution in [0.25, 0.3) is 0 Å². The lowest BCUT2D eigenvalue weighted by molar-refractivity contribution is 0.0680. The Balaban J connectivity index is 1.97. The molecule has 0 aliphatic carbocycles. The van der Waals surface area contributed by atoms with Gasteiger partial charge < -0.3 is 10.2 Å². The molecule has 0 radical (unpaired) electrons. The van der Waals surface area contributed by atoms with Gasteiger partial charge in [0, 0.05) is 20.1 Å². The van der Waals surface area contributed by atoms with Crippen LogP contribution in [0.3, 0.4) is 0 Å². The molecular formula is C14H22N4O. The minimum atomic E-state index is -0.000418. The summed E-state index contributed by atoms with van der Waals surface area (Å²) in [5.74, 6) is 1.41. The van der Waals surface area contributed by atoms with E-state index in [4.69, 9.17) is 0 Å². The molecule has 2 rings (SSSR count). The second-order valence-corrected chi connectivity index (χ2v) is 5.06. The number of hydrogen-bond donors (Lipinski definition) is 1. The summed E-state index contributed by atoms with van der Waals surface area (Å²) in [5.41, 5.74) is 0.431. The zero-order chi connectivity index (χ0) is 13.7. The summed E-state index contributed by atoms with van der Waals surface area (Å²) in [6.07, 6.45) is 7.88. The van der Waals surface area contributed by atoms with Crippen LogP contribution >= 0.6 is 0 Å². The van der Waals surface area contributed by atoms with E-state index < -0.39 is 0 Å². The van der Waals surface area contributed by atoms with Crippen LogP contribution < -0.4 is 5.32 Å². The van der Waals surface area contributed by atoms with Gasteiger partial charge in [-0.2, -0.15) is 0 Å². The molecule has 1 saturated heterocycles. The van der Waals surface area contributed by atoms with E-state index in [1.807, 2.05) is 4.90 Å². The van der Waals surface area contributed by atoms with E-state index >= 15 is 0 Å². The van der Waals surface area contributed by atoms with Crippen LogP contribution in [0.15, 0.2) is 12.4 Å². The number of amides is 1. The number of carbonyl (C=O) groups is 1. The standard InChI is InChI=1S/C14H22N4O/c1-3-4-11-5-7-18(8-6-11)14(19)12-9-16-10-13(15-2)17-12/h9-11H,3-8H2,1-2H3,(H,15,17). The Morgan fingerprint density at radius 1 is 1.42 bits per heavy atom. The number of hydrogen-bond acceptors (Lipinski definition) is 4. The molecule has 1 aromatic rings. The summed E-state index contributed by atoms with van der Waals surface area (Å²) in [4.78, 5) is 22.5. The molecule has 0 unspecified atom stereocenters. The average molecular weight is 262 g/mol. The van der Waals surface area contributed by atoms with Crippen LogP contribution in [-0.4, -0.2) is 40.9 Å². The van der Waals surface area contributed by atoms with E-state index in [0.717, 1.165) is 31.8 Å². The van der Waals surface area contributed by atoms with Gasteiger partial charge in [-0.15, -0.1) is 0 Å². The highest BCUT2D eigenvalue weighted by molar-refractivity contribution is 5.92. The smallest absolute Gasteiger partial charge is 0.274 e. The molecule has 1 fully saturated rings. The Labute approximate surface area is 114 Å². The van der Waals surface area contributed by atoms with Gasteiger partial charge in [-0.1, -0.05) is 19.8 Å². The van der Waals surface area contributed by atoms with E-state index in [1.165, 1.54) is 12.8 Å². The maximum absolute atomic E-state index is 12.3. The fourth-order valence-electron chi connectivity index (χ4n) is 2.58. The predicted octanol–water partition coefficient (Wildman–Crippen LogP) is 2.17. The first kappa shape index (κ1) is 13.8. The normalized spacial score (nSPS) is 16.4. The highest BCUT2D eigenvalue weighted by atomic mass is 16.2. The summed E-state index contributed by atoms with van der Waals surface area (Å²) in [6.45, 7) is 3.90. The van der Waals surface area contributed by atoms with Crippen LogP contribution in [0.2, 0.25) is 0 Å². The molecule has 5 heteroatoms. The fraction of sp³-hybridized carbons (Fsp3) is 0.643. The van der Waals surface area contributed by atoms with Crippen molar-refractivity contribution >= 4 is 11.7 Å². The van der Waals surface area contributed by atoms with Crippen LogP contribution in [0.5, 0.6) is 0 Å².